The SMILES string of the molecule is CC(C(=O)O)N(C(=O)c1cccc(-c2ncn[nH]2)c1)C1CC1. The molecule has 1 aliphatic rings. The maximum atomic E-state index is 12.7. The first-order valence-electron chi connectivity index (χ1n) is 7.09. The number of aliphatic carboxylic acids is 1. The zero-order valence-electron chi connectivity index (χ0n) is 12.1. The number of aromatic nitrogens is 3. The predicted octanol–water partition coefficient (Wildman–Crippen LogP) is 1.55. The molecule has 1 aromatic carbocycles. The Morgan fingerprint density at radius 3 is 2.77 bits per heavy atom. The summed E-state index contributed by atoms with van der Waals surface area (Å²) >= 11 is 0. The third-order valence-electron chi connectivity index (χ3n) is 3.75. The minimum atomic E-state index is -0.994. The molecule has 0 bridgehead atoms. The molecular formula is C15H16N4O3. The molecule has 7 heteroatoms. The maximum absolute atomic E-state index is 12.7. The molecule has 0 saturated heterocycles. The van der Waals surface area contributed by atoms with E-state index in [2.05, 4.69) is 15.2 Å². The molecule has 0 radical (unpaired) electrons. The van der Waals surface area contributed by atoms with Crippen LogP contribution in [0.25, 0.3) is 11.4 Å². The van der Waals surface area contributed by atoms with Crippen LogP contribution >= 0.6 is 0 Å². The second-order valence-electron chi connectivity index (χ2n) is 5.37. The molecule has 22 heavy (non-hydrogen) atoms. The van der Waals surface area contributed by atoms with E-state index in [0.717, 1.165) is 18.4 Å². The molecule has 1 fully saturated rings. The molecule has 0 aliphatic heterocycles. The van der Waals surface area contributed by atoms with E-state index in [1.807, 2.05) is 6.07 Å². The Hall–Kier alpha value is -2.70. The van der Waals surface area contributed by atoms with Crippen LogP contribution in [0.1, 0.15) is 30.1 Å². The van der Waals surface area contributed by atoms with Crippen molar-refractivity contribution in [2.45, 2.75) is 31.8 Å². The van der Waals surface area contributed by atoms with Gasteiger partial charge in [0.2, 0.25) is 0 Å². The molecule has 1 heterocycles. The lowest BCUT2D eigenvalue weighted by molar-refractivity contribution is -0.141. The molecule has 1 aliphatic carbocycles. The molecule has 1 saturated carbocycles. The predicted molar refractivity (Wildman–Crippen MR) is 78.1 cm³/mol. The summed E-state index contributed by atoms with van der Waals surface area (Å²) in [5.74, 6) is -0.690. The number of carboxylic acid groups (broad SMARTS) is 1. The van der Waals surface area contributed by atoms with Gasteiger partial charge in [0.25, 0.3) is 5.91 Å². The largest absolute Gasteiger partial charge is 0.480 e. The normalized spacial score (nSPS) is 15.3. The molecule has 1 atom stereocenters. The highest BCUT2D eigenvalue weighted by Gasteiger charge is 2.38. The fourth-order valence-corrected chi connectivity index (χ4v) is 2.42. The Kier molecular flexibility index (Phi) is 3.62. The zero-order valence-corrected chi connectivity index (χ0v) is 12.1. The Labute approximate surface area is 127 Å². The molecule has 2 aromatic rings. The van der Waals surface area contributed by atoms with Gasteiger partial charge >= 0.3 is 5.97 Å². The smallest absolute Gasteiger partial charge is 0.326 e. The third-order valence-corrected chi connectivity index (χ3v) is 3.75. The molecule has 1 aromatic heterocycles. The minimum Gasteiger partial charge on any atom is -0.480 e. The highest BCUT2D eigenvalue weighted by atomic mass is 16.4. The van der Waals surface area contributed by atoms with E-state index in [-0.39, 0.29) is 11.9 Å². The fourth-order valence-electron chi connectivity index (χ4n) is 2.42. The van der Waals surface area contributed by atoms with Crippen molar-refractivity contribution in [3.8, 4) is 11.4 Å². The van der Waals surface area contributed by atoms with Crippen LogP contribution in [0.2, 0.25) is 0 Å². The number of carbonyl (C=O) groups is 2. The van der Waals surface area contributed by atoms with Crippen LogP contribution in [0, 0.1) is 0 Å². The summed E-state index contributed by atoms with van der Waals surface area (Å²) in [6.45, 7) is 1.54. The average molecular weight is 300 g/mol. The van der Waals surface area contributed by atoms with Gasteiger partial charge in [0.15, 0.2) is 5.82 Å². The van der Waals surface area contributed by atoms with Crippen molar-refractivity contribution in [1.82, 2.24) is 20.1 Å². The van der Waals surface area contributed by atoms with Gasteiger partial charge in [0.1, 0.15) is 12.4 Å². The van der Waals surface area contributed by atoms with Gasteiger partial charge in [-0.2, -0.15) is 5.10 Å². The van der Waals surface area contributed by atoms with Gasteiger partial charge in [-0.05, 0) is 31.9 Å². The summed E-state index contributed by atoms with van der Waals surface area (Å²) in [5.41, 5.74) is 1.19. The number of hydrogen-bond acceptors (Lipinski definition) is 4. The quantitative estimate of drug-likeness (QED) is 0.872. The second-order valence-corrected chi connectivity index (χ2v) is 5.37. The van der Waals surface area contributed by atoms with Crippen molar-refractivity contribution in [3.63, 3.8) is 0 Å². The Morgan fingerprint density at radius 2 is 2.18 bits per heavy atom. The van der Waals surface area contributed by atoms with Crippen molar-refractivity contribution in [3.05, 3.63) is 36.2 Å². The van der Waals surface area contributed by atoms with E-state index in [0.29, 0.717) is 11.4 Å². The van der Waals surface area contributed by atoms with Crippen molar-refractivity contribution in [2.75, 3.05) is 0 Å². The van der Waals surface area contributed by atoms with Gasteiger partial charge in [-0.3, -0.25) is 9.89 Å². The minimum absolute atomic E-state index is 0.0209. The van der Waals surface area contributed by atoms with Crippen LogP contribution in [0.4, 0.5) is 0 Å². The molecule has 1 amide bonds. The first-order chi connectivity index (χ1) is 10.6. The van der Waals surface area contributed by atoms with Gasteiger partial charge in [0, 0.05) is 17.2 Å². The van der Waals surface area contributed by atoms with Crippen molar-refractivity contribution in [1.29, 1.82) is 0 Å². The van der Waals surface area contributed by atoms with Gasteiger partial charge in [0.05, 0.1) is 0 Å². The number of nitrogens with zero attached hydrogens (tertiary/aromatic N) is 3. The van der Waals surface area contributed by atoms with Crippen molar-refractivity contribution in [2.24, 2.45) is 0 Å². The number of aromatic amines is 1. The number of benzene rings is 1. The van der Waals surface area contributed by atoms with Crippen LogP contribution in [0.3, 0.4) is 0 Å². The fraction of sp³-hybridized carbons (Fsp3) is 0.333. The van der Waals surface area contributed by atoms with E-state index in [1.165, 1.54) is 11.2 Å². The highest BCUT2D eigenvalue weighted by Crippen LogP contribution is 2.30. The van der Waals surface area contributed by atoms with Crippen LogP contribution < -0.4 is 0 Å². The summed E-state index contributed by atoms with van der Waals surface area (Å²) in [4.78, 5) is 29.5. The lowest BCUT2D eigenvalue weighted by Crippen LogP contribution is -2.44. The summed E-state index contributed by atoms with van der Waals surface area (Å²) in [6, 6.07) is 6.14. The molecule has 2 N–H and O–H groups in total. The number of carboxylic acids is 1. The molecular weight excluding hydrogens is 284 g/mol. The zero-order chi connectivity index (χ0) is 15.7. The number of nitrogens with one attached hydrogen (secondary N) is 1. The second kappa shape index (κ2) is 5.59. The van der Waals surface area contributed by atoms with Gasteiger partial charge in [-0.1, -0.05) is 12.1 Å². The summed E-state index contributed by atoms with van der Waals surface area (Å²) in [7, 11) is 0. The average Bonchev–Trinajstić information content (AvgIpc) is 3.19. The Morgan fingerprint density at radius 1 is 1.41 bits per heavy atom. The van der Waals surface area contributed by atoms with E-state index in [4.69, 9.17) is 0 Å². The van der Waals surface area contributed by atoms with Gasteiger partial charge in [-0.25, -0.2) is 9.78 Å². The lowest BCUT2D eigenvalue weighted by Gasteiger charge is -2.26. The molecule has 7 nitrogen and oxygen atoms in total. The first kappa shape index (κ1) is 14.2. The van der Waals surface area contributed by atoms with Crippen molar-refractivity contribution >= 4 is 11.9 Å². The maximum Gasteiger partial charge on any atom is 0.326 e. The number of hydrogen-bond donors (Lipinski definition) is 2. The topological polar surface area (TPSA) is 99.2 Å². The first-order valence-corrected chi connectivity index (χ1v) is 7.09. The summed E-state index contributed by atoms with van der Waals surface area (Å²) in [5, 5.41) is 15.7. The monoisotopic (exact) mass is 300 g/mol. The number of amides is 1. The van der Waals surface area contributed by atoms with Crippen LogP contribution in [-0.2, 0) is 4.79 Å². The molecule has 0 spiro atoms. The van der Waals surface area contributed by atoms with E-state index >= 15 is 0 Å². The standard InChI is InChI=1S/C15H16N4O3/c1-9(15(21)22)19(12-5-6-12)14(20)11-4-2-3-10(7-11)13-16-8-17-18-13/h2-4,7-9,12H,5-6H2,1H3,(H,21,22)(H,16,17,18). The van der Waals surface area contributed by atoms with E-state index in [1.54, 1.807) is 25.1 Å². The van der Waals surface area contributed by atoms with Gasteiger partial charge < -0.3 is 10.0 Å². The Balaban J connectivity index is 1.90. The molecule has 1 unspecified atom stereocenters. The van der Waals surface area contributed by atoms with Crippen LogP contribution in [0.5, 0.6) is 0 Å². The summed E-state index contributed by atoms with van der Waals surface area (Å²) in [6.07, 6.45) is 3.10. The van der Waals surface area contributed by atoms with E-state index < -0.39 is 12.0 Å². The number of carbonyl (C=O) groups excluding carboxylic acids is 1. The van der Waals surface area contributed by atoms with Gasteiger partial charge in [-0.15, -0.1) is 0 Å². The molecule has 3 rings (SSSR count). The van der Waals surface area contributed by atoms with E-state index in [9.17, 15) is 14.7 Å². The lowest BCUT2D eigenvalue weighted by atomic mass is 10.1. The number of rotatable bonds is 5. The van der Waals surface area contributed by atoms with Crippen LogP contribution in [0.15, 0.2) is 30.6 Å². The Bertz CT molecular complexity index is 695. The number of H-pyrrole nitrogens is 1. The third kappa shape index (κ3) is 2.69. The highest BCUT2D eigenvalue weighted by molar-refractivity contribution is 5.97. The van der Waals surface area contributed by atoms with Crippen molar-refractivity contribution < 1.29 is 14.7 Å². The summed E-state index contributed by atoms with van der Waals surface area (Å²) < 4.78 is 0. The molecule has 114 valence electrons. The van der Waals surface area contributed by atoms with Crippen LogP contribution in [-0.4, -0.2) is 49.1 Å².